The summed E-state index contributed by atoms with van der Waals surface area (Å²) >= 11 is 0. The first-order chi connectivity index (χ1) is 8.63. The number of hydrogen-bond acceptors (Lipinski definition) is 4. The van der Waals surface area contributed by atoms with Gasteiger partial charge < -0.3 is 14.7 Å². The van der Waals surface area contributed by atoms with Crippen molar-refractivity contribution in [3.05, 3.63) is 36.0 Å². The van der Waals surface area contributed by atoms with Crippen LogP contribution in [0.15, 0.2) is 36.0 Å². The van der Waals surface area contributed by atoms with Crippen LogP contribution in [0.4, 0.5) is 5.69 Å². The Morgan fingerprint density at radius 2 is 2.17 bits per heavy atom. The quantitative estimate of drug-likeness (QED) is 0.501. The van der Waals surface area contributed by atoms with E-state index >= 15 is 0 Å². The van der Waals surface area contributed by atoms with Crippen LogP contribution in [-0.2, 0) is 9.59 Å². The van der Waals surface area contributed by atoms with Gasteiger partial charge in [0.2, 0.25) is 0 Å². The molecule has 18 heavy (non-hydrogen) atoms. The number of hydrogen-bond donors (Lipinski definition) is 1. The number of anilines is 1. The molecule has 0 aromatic heterocycles. The minimum atomic E-state index is -1.16. The molecule has 5 nitrogen and oxygen atoms in total. The zero-order chi connectivity index (χ0) is 13.1. The number of carboxylic acids is 1. The maximum atomic E-state index is 11.8. The molecule has 2 rings (SSSR count). The molecule has 0 amide bonds. The highest BCUT2D eigenvalue weighted by Crippen LogP contribution is 2.35. The number of esters is 1. The van der Waals surface area contributed by atoms with E-state index in [-0.39, 0.29) is 5.70 Å². The van der Waals surface area contributed by atoms with E-state index in [1.165, 1.54) is 0 Å². The van der Waals surface area contributed by atoms with Crippen LogP contribution in [0.1, 0.15) is 13.3 Å². The Bertz CT molecular complexity index is 521. The third-order valence-corrected chi connectivity index (χ3v) is 2.57. The lowest BCUT2D eigenvalue weighted by atomic mass is 10.2. The highest BCUT2D eigenvalue weighted by molar-refractivity contribution is 6.02. The highest BCUT2D eigenvalue weighted by atomic mass is 16.5. The summed E-state index contributed by atoms with van der Waals surface area (Å²) in [6.45, 7) is 2.52. The summed E-state index contributed by atoms with van der Waals surface area (Å²) in [5.74, 6) is -1.34. The van der Waals surface area contributed by atoms with Crippen molar-refractivity contribution in [2.75, 3.05) is 11.4 Å². The Balaban J connectivity index is 2.50. The van der Waals surface area contributed by atoms with Gasteiger partial charge >= 0.3 is 11.9 Å². The number of carbonyl (C=O) groups is 2. The number of para-hydroxylation sites is 2. The summed E-state index contributed by atoms with van der Waals surface area (Å²) in [5.41, 5.74) is 0.773. The van der Waals surface area contributed by atoms with Crippen molar-refractivity contribution in [2.45, 2.75) is 13.3 Å². The molecule has 1 N–H and O–H groups in total. The summed E-state index contributed by atoms with van der Waals surface area (Å²) in [7, 11) is 0. The minimum absolute atomic E-state index is 0.0584. The Labute approximate surface area is 104 Å². The molecular weight excluding hydrogens is 234 g/mol. The van der Waals surface area contributed by atoms with Crippen molar-refractivity contribution >= 4 is 17.6 Å². The largest absolute Gasteiger partial charge is 0.478 e. The second kappa shape index (κ2) is 4.91. The van der Waals surface area contributed by atoms with E-state index < -0.39 is 11.9 Å². The van der Waals surface area contributed by atoms with Crippen molar-refractivity contribution in [2.24, 2.45) is 0 Å². The summed E-state index contributed by atoms with van der Waals surface area (Å²) in [6.07, 6.45) is 1.67. The second-order valence-electron chi connectivity index (χ2n) is 3.88. The van der Waals surface area contributed by atoms with Gasteiger partial charge in [0.25, 0.3) is 0 Å². The molecule has 0 bridgehead atoms. The predicted octanol–water partition coefficient (Wildman–Crippen LogP) is 1.79. The van der Waals surface area contributed by atoms with E-state index in [2.05, 4.69) is 0 Å². The molecule has 0 saturated heterocycles. The number of rotatable bonds is 3. The van der Waals surface area contributed by atoms with Crippen LogP contribution < -0.4 is 9.64 Å². The van der Waals surface area contributed by atoms with Gasteiger partial charge in [0.1, 0.15) is 5.70 Å². The molecule has 0 saturated carbocycles. The molecule has 0 aliphatic carbocycles. The van der Waals surface area contributed by atoms with Crippen molar-refractivity contribution in [1.29, 1.82) is 0 Å². The fourth-order valence-electron chi connectivity index (χ4n) is 1.88. The van der Waals surface area contributed by atoms with Crippen LogP contribution in [-0.4, -0.2) is 23.6 Å². The Kier molecular flexibility index (Phi) is 3.32. The lowest BCUT2D eigenvalue weighted by Crippen LogP contribution is -2.35. The van der Waals surface area contributed by atoms with Crippen LogP contribution in [0.25, 0.3) is 0 Å². The van der Waals surface area contributed by atoms with E-state index in [9.17, 15) is 9.59 Å². The molecule has 0 atom stereocenters. The van der Waals surface area contributed by atoms with Crippen LogP contribution in [0, 0.1) is 0 Å². The molecule has 1 aliphatic heterocycles. The fourth-order valence-corrected chi connectivity index (χ4v) is 1.88. The third kappa shape index (κ3) is 2.20. The lowest BCUT2D eigenvalue weighted by molar-refractivity contribution is -0.134. The molecule has 94 valence electrons. The van der Waals surface area contributed by atoms with Gasteiger partial charge in [-0.3, -0.25) is 0 Å². The van der Waals surface area contributed by atoms with Crippen LogP contribution in [0.5, 0.6) is 5.75 Å². The number of carboxylic acid groups (broad SMARTS) is 1. The van der Waals surface area contributed by atoms with Crippen molar-refractivity contribution in [3.63, 3.8) is 0 Å². The van der Waals surface area contributed by atoms with Crippen molar-refractivity contribution < 1.29 is 19.4 Å². The monoisotopic (exact) mass is 247 g/mol. The van der Waals surface area contributed by atoms with Gasteiger partial charge in [-0.05, 0) is 18.6 Å². The van der Waals surface area contributed by atoms with Gasteiger partial charge in [-0.2, -0.15) is 0 Å². The second-order valence-corrected chi connectivity index (χ2v) is 3.88. The maximum Gasteiger partial charge on any atom is 0.360 e. The predicted molar refractivity (Wildman–Crippen MR) is 65.4 cm³/mol. The van der Waals surface area contributed by atoms with Gasteiger partial charge in [0.05, 0.1) is 11.8 Å². The number of aliphatic carboxylic acids is 1. The first-order valence-corrected chi connectivity index (χ1v) is 5.67. The molecule has 0 fully saturated rings. The normalized spacial score (nSPS) is 16.4. The SMILES string of the molecule is CCCN1/C(=C\C(=O)O)C(=O)Oc2ccccc21. The Morgan fingerprint density at radius 1 is 1.44 bits per heavy atom. The van der Waals surface area contributed by atoms with E-state index in [4.69, 9.17) is 9.84 Å². The molecule has 1 aromatic rings. The molecule has 0 unspecified atom stereocenters. The van der Waals surface area contributed by atoms with Gasteiger partial charge in [0, 0.05) is 6.54 Å². The Morgan fingerprint density at radius 3 is 2.83 bits per heavy atom. The summed E-state index contributed by atoms with van der Waals surface area (Å²) in [5, 5.41) is 8.81. The van der Waals surface area contributed by atoms with Crippen LogP contribution in [0.2, 0.25) is 0 Å². The third-order valence-electron chi connectivity index (χ3n) is 2.57. The zero-order valence-electron chi connectivity index (χ0n) is 9.92. The van der Waals surface area contributed by atoms with Crippen LogP contribution in [0.3, 0.4) is 0 Å². The summed E-state index contributed by atoms with van der Waals surface area (Å²) in [6, 6.07) is 7.07. The van der Waals surface area contributed by atoms with Crippen LogP contribution >= 0.6 is 0 Å². The van der Waals surface area contributed by atoms with E-state index in [1.54, 1.807) is 23.1 Å². The van der Waals surface area contributed by atoms with Crippen molar-refractivity contribution in [3.8, 4) is 5.75 Å². The first-order valence-electron chi connectivity index (χ1n) is 5.67. The van der Waals surface area contributed by atoms with Gasteiger partial charge in [-0.25, -0.2) is 9.59 Å². The minimum Gasteiger partial charge on any atom is -0.478 e. The summed E-state index contributed by atoms with van der Waals surface area (Å²) in [4.78, 5) is 24.2. The lowest BCUT2D eigenvalue weighted by Gasteiger charge is -2.31. The topological polar surface area (TPSA) is 66.8 Å². The molecular formula is C13H13NO4. The average Bonchev–Trinajstić information content (AvgIpc) is 2.33. The number of nitrogens with zero attached hydrogens (tertiary/aromatic N) is 1. The van der Waals surface area contributed by atoms with E-state index in [0.717, 1.165) is 12.5 Å². The molecule has 1 aromatic carbocycles. The molecule has 0 radical (unpaired) electrons. The number of ether oxygens (including phenoxy) is 1. The first kappa shape index (κ1) is 12.2. The maximum absolute atomic E-state index is 11.8. The standard InChI is InChI=1S/C13H13NO4/c1-2-7-14-9-5-3-4-6-11(9)18-13(17)10(14)8-12(15)16/h3-6,8H,2,7H2,1H3,(H,15,16)/b10-8-. The average molecular weight is 247 g/mol. The zero-order valence-corrected chi connectivity index (χ0v) is 9.92. The molecule has 0 spiro atoms. The number of benzene rings is 1. The van der Waals surface area contributed by atoms with E-state index in [0.29, 0.717) is 18.0 Å². The molecule has 5 heteroatoms. The van der Waals surface area contributed by atoms with Gasteiger partial charge in [-0.15, -0.1) is 0 Å². The Hall–Kier alpha value is -2.30. The van der Waals surface area contributed by atoms with Gasteiger partial charge in [0.15, 0.2) is 5.75 Å². The van der Waals surface area contributed by atoms with E-state index in [1.807, 2.05) is 13.0 Å². The number of fused-ring (bicyclic) bond motifs is 1. The van der Waals surface area contributed by atoms with Gasteiger partial charge in [-0.1, -0.05) is 19.1 Å². The highest BCUT2D eigenvalue weighted by Gasteiger charge is 2.29. The number of carbonyl (C=O) groups excluding carboxylic acids is 1. The molecule has 1 heterocycles. The van der Waals surface area contributed by atoms with Crippen molar-refractivity contribution in [1.82, 2.24) is 0 Å². The smallest absolute Gasteiger partial charge is 0.360 e. The summed E-state index contributed by atoms with van der Waals surface area (Å²) < 4.78 is 5.11. The fraction of sp³-hybridized carbons (Fsp3) is 0.231. The molecule has 1 aliphatic rings.